The Morgan fingerprint density at radius 2 is 1.71 bits per heavy atom. The fraction of sp³-hybridized carbons (Fsp3) is 0.538. The summed E-state index contributed by atoms with van der Waals surface area (Å²) in [4.78, 5) is 0.836. The third-order valence-corrected chi connectivity index (χ3v) is 4.36. The van der Waals surface area contributed by atoms with Crippen molar-refractivity contribution in [1.29, 1.82) is 0 Å². The van der Waals surface area contributed by atoms with Gasteiger partial charge in [0.15, 0.2) is 9.84 Å². The van der Waals surface area contributed by atoms with Crippen molar-refractivity contribution in [2.45, 2.75) is 36.4 Å². The highest BCUT2D eigenvalue weighted by molar-refractivity contribution is 9.09. The number of benzene rings is 1. The molecular formula is C13H19BrO2S. The molecule has 0 spiro atoms. The molecule has 0 aliphatic heterocycles. The van der Waals surface area contributed by atoms with Gasteiger partial charge in [-0.15, -0.1) is 0 Å². The quantitative estimate of drug-likeness (QED) is 0.779. The SMILES string of the molecule is CC(C)CC(Br)Cc1ccc(S(C)(=O)=O)cc1. The molecule has 1 rings (SSSR count). The molecule has 1 unspecified atom stereocenters. The van der Waals surface area contributed by atoms with E-state index >= 15 is 0 Å². The van der Waals surface area contributed by atoms with Gasteiger partial charge in [-0.05, 0) is 36.5 Å². The fourth-order valence-electron chi connectivity index (χ4n) is 1.72. The Morgan fingerprint density at radius 3 is 2.12 bits per heavy atom. The van der Waals surface area contributed by atoms with Gasteiger partial charge in [-0.25, -0.2) is 8.42 Å². The highest BCUT2D eigenvalue weighted by Gasteiger charge is 2.10. The molecule has 0 saturated carbocycles. The second-order valence-corrected chi connectivity index (χ2v) is 8.16. The van der Waals surface area contributed by atoms with Crippen LogP contribution in [0.3, 0.4) is 0 Å². The average molecular weight is 319 g/mol. The van der Waals surface area contributed by atoms with E-state index in [2.05, 4.69) is 29.8 Å². The van der Waals surface area contributed by atoms with Gasteiger partial charge in [-0.3, -0.25) is 0 Å². The summed E-state index contributed by atoms with van der Waals surface area (Å²) in [5.74, 6) is 0.662. The molecule has 4 heteroatoms. The monoisotopic (exact) mass is 318 g/mol. The maximum Gasteiger partial charge on any atom is 0.175 e. The fourth-order valence-corrected chi connectivity index (χ4v) is 3.48. The molecule has 0 bridgehead atoms. The first kappa shape index (κ1) is 14.7. The van der Waals surface area contributed by atoms with Crippen LogP contribution in [0.15, 0.2) is 29.2 Å². The highest BCUT2D eigenvalue weighted by atomic mass is 79.9. The van der Waals surface area contributed by atoms with Crippen LogP contribution in [0.2, 0.25) is 0 Å². The summed E-state index contributed by atoms with van der Waals surface area (Å²) in [6.07, 6.45) is 3.28. The molecule has 2 nitrogen and oxygen atoms in total. The van der Waals surface area contributed by atoms with Crippen LogP contribution in [0, 0.1) is 5.92 Å². The predicted octanol–water partition coefficient (Wildman–Crippen LogP) is 3.44. The smallest absolute Gasteiger partial charge is 0.175 e. The molecule has 1 aromatic rings. The van der Waals surface area contributed by atoms with E-state index in [0.717, 1.165) is 12.8 Å². The van der Waals surface area contributed by atoms with E-state index in [-0.39, 0.29) is 0 Å². The largest absolute Gasteiger partial charge is 0.224 e. The number of hydrogen-bond acceptors (Lipinski definition) is 2. The Hall–Kier alpha value is -0.350. The summed E-state index contributed by atoms with van der Waals surface area (Å²) in [5.41, 5.74) is 1.17. The second kappa shape index (κ2) is 6.01. The Morgan fingerprint density at radius 1 is 1.18 bits per heavy atom. The Labute approximate surface area is 112 Å². The first-order valence-corrected chi connectivity index (χ1v) is 8.53. The summed E-state index contributed by atoms with van der Waals surface area (Å²) in [6, 6.07) is 7.15. The summed E-state index contributed by atoms with van der Waals surface area (Å²) >= 11 is 3.65. The van der Waals surface area contributed by atoms with Gasteiger partial charge in [-0.2, -0.15) is 0 Å². The van der Waals surface area contributed by atoms with Crippen molar-refractivity contribution in [3.05, 3.63) is 29.8 Å². The standard InChI is InChI=1S/C13H19BrO2S/c1-10(2)8-12(14)9-11-4-6-13(7-5-11)17(3,15)16/h4-7,10,12H,8-9H2,1-3H3. The second-order valence-electron chi connectivity index (χ2n) is 4.85. The molecule has 0 aliphatic carbocycles. The van der Waals surface area contributed by atoms with Gasteiger partial charge in [0, 0.05) is 11.1 Å². The third kappa shape index (κ3) is 5.21. The van der Waals surface area contributed by atoms with E-state index in [1.54, 1.807) is 12.1 Å². The lowest BCUT2D eigenvalue weighted by Crippen LogP contribution is -2.06. The summed E-state index contributed by atoms with van der Waals surface area (Å²) in [7, 11) is -3.08. The molecule has 0 aromatic heterocycles. The van der Waals surface area contributed by atoms with Crippen LogP contribution in [-0.4, -0.2) is 19.5 Å². The molecular weight excluding hydrogens is 300 g/mol. The van der Waals surface area contributed by atoms with Crippen molar-refractivity contribution in [2.24, 2.45) is 5.92 Å². The molecule has 0 N–H and O–H groups in total. The average Bonchev–Trinajstić information content (AvgIpc) is 2.15. The minimum Gasteiger partial charge on any atom is -0.224 e. The summed E-state index contributed by atoms with van der Waals surface area (Å²) < 4.78 is 22.6. The van der Waals surface area contributed by atoms with Crippen LogP contribution in [0.1, 0.15) is 25.8 Å². The van der Waals surface area contributed by atoms with Gasteiger partial charge >= 0.3 is 0 Å². The molecule has 1 atom stereocenters. The Balaban J connectivity index is 2.69. The van der Waals surface area contributed by atoms with Crippen molar-refractivity contribution < 1.29 is 8.42 Å². The van der Waals surface area contributed by atoms with Crippen LogP contribution >= 0.6 is 15.9 Å². The van der Waals surface area contributed by atoms with Gasteiger partial charge < -0.3 is 0 Å². The van der Waals surface area contributed by atoms with E-state index in [0.29, 0.717) is 15.6 Å². The zero-order valence-electron chi connectivity index (χ0n) is 10.5. The van der Waals surface area contributed by atoms with Crippen LogP contribution in [0.4, 0.5) is 0 Å². The lowest BCUT2D eigenvalue weighted by atomic mass is 10.0. The minimum absolute atomic E-state index is 0.385. The van der Waals surface area contributed by atoms with Crippen molar-refractivity contribution >= 4 is 25.8 Å². The maximum atomic E-state index is 11.3. The summed E-state index contributed by atoms with van der Waals surface area (Å²) in [5, 5.41) is 0. The van der Waals surface area contributed by atoms with E-state index < -0.39 is 9.84 Å². The molecule has 17 heavy (non-hydrogen) atoms. The van der Waals surface area contributed by atoms with E-state index in [4.69, 9.17) is 0 Å². The van der Waals surface area contributed by atoms with E-state index in [1.807, 2.05) is 12.1 Å². The molecule has 0 saturated heterocycles. The van der Waals surface area contributed by atoms with Gasteiger partial charge in [0.05, 0.1) is 4.90 Å². The molecule has 1 aromatic carbocycles. The lowest BCUT2D eigenvalue weighted by Gasteiger charge is -2.12. The minimum atomic E-state index is -3.08. The van der Waals surface area contributed by atoms with E-state index in [9.17, 15) is 8.42 Å². The predicted molar refractivity (Wildman–Crippen MR) is 75.4 cm³/mol. The maximum absolute atomic E-state index is 11.3. The normalized spacial score (nSPS) is 13.9. The van der Waals surface area contributed by atoms with Gasteiger partial charge in [0.1, 0.15) is 0 Å². The number of sulfone groups is 1. The number of hydrogen-bond donors (Lipinski definition) is 0. The highest BCUT2D eigenvalue weighted by Crippen LogP contribution is 2.19. The van der Waals surface area contributed by atoms with Crippen molar-refractivity contribution in [3.8, 4) is 0 Å². The number of alkyl halides is 1. The van der Waals surface area contributed by atoms with Crippen LogP contribution in [-0.2, 0) is 16.3 Å². The van der Waals surface area contributed by atoms with Crippen molar-refractivity contribution in [1.82, 2.24) is 0 Å². The Bertz CT molecular complexity index is 449. The first-order chi connectivity index (χ1) is 7.79. The van der Waals surface area contributed by atoms with Crippen molar-refractivity contribution in [2.75, 3.05) is 6.26 Å². The molecule has 0 amide bonds. The van der Waals surface area contributed by atoms with Crippen LogP contribution in [0.25, 0.3) is 0 Å². The zero-order chi connectivity index (χ0) is 13.1. The Kier molecular flexibility index (Phi) is 5.20. The van der Waals surface area contributed by atoms with Gasteiger partial charge in [0.25, 0.3) is 0 Å². The van der Waals surface area contributed by atoms with Gasteiger partial charge in [0.2, 0.25) is 0 Å². The number of halogens is 1. The lowest BCUT2D eigenvalue weighted by molar-refractivity contribution is 0.571. The topological polar surface area (TPSA) is 34.1 Å². The molecule has 96 valence electrons. The molecule has 0 fully saturated rings. The first-order valence-electron chi connectivity index (χ1n) is 5.72. The van der Waals surface area contributed by atoms with Crippen LogP contribution < -0.4 is 0 Å². The zero-order valence-corrected chi connectivity index (χ0v) is 12.9. The van der Waals surface area contributed by atoms with Crippen molar-refractivity contribution in [3.63, 3.8) is 0 Å². The molecule has 0 heterocycles. The van der Waals surface area contributed by atoms with E-state index in [1.165, 1.54) is 11.8 Å². The van der Waals surface area contributed by atoms with Gasteiger partial charge in [-0.1, -0.05) is 41.9 Å². The van der Waals surface area contributed by atoms with Crippen LogP contribution in [0.5, 0.6) is 0 Å². The third-order valence-electron chi connectivity index (χ3n) is 2.54. The molecule has 0 radical (unpaired) electrons. The summed E-state index contributed by atoms with van der Waals surface area (Å²) in [6.45, 7) is 4.39. The molecule has 0 aliphatic rings. The number of rotatable bonds is 5.